The minimum Gasteiger partial charge on any atom is -0.463 e. The van der Waals surface area contributed by atoms with Gasteiger partial charge in [-0.15, -0.1) is 0 Å². The van der Waals surface area contributed by atoms with Gasteiger partial charge < -0.3 is 4.74 Å². The van der Waals surface area contributed by atoms with Crippen LogP contribution in [0.5, 0.6) is 0 Å². The lowest BCUT2D eigenvalue weighted by molar-refractivity contribution is -0.185. The van der Waals surface area contributed by atoms with Gasteiger partial charge in [-0.3, -0.25) is 14.4 Å². The number of esters is 1. The van der Waals surface area contributed by atoms with Gasteiger partial charge in [0.15, 0.2) is 0 Å². The fourth-order valence-corrected chi connectivity index (χ4v) is 2.00. The molecule has 1 fully saturated rings. The molecule has 0 bridgehead atoms. The molecule has 0 aliphatic carbocycles. The summed E-state index contributed by atoms with van der Waals surface area (Å²) in [7, 11) is 0. The van der Waals surface area contributed by atoms with Crippen molar-refractivity contribution in [1.29, 1.82) is 0 Å². The third kappa shape index (κ3) is 4.06. The lowest BCUT2D eigenvalue weighted by atomic mass is 10.2. The van der Waals surface area contributed by atoms with Gasteiger partial charge in [-0.2, -0.15) is 0 Å². The van der Waals surface area contributed by atoms with E-state index in [4.69, 9.17) is 9.57 Å². The minimum absolute atomic E-state index is 0.0783. The summed E-state index contributed by atoms with van der Waals surface area (Å²) in [5.41, 5.74) is 1.00. The maximum atomic E-state index is 11.8. The highest BCUT2D eigenvalue weighted by molar-refractivity contribution is 5.77. The smallest absolute Gasteiger partial charge is 0.305 e. The predicted molar refractivity (Wildman–Crippen MR) is 72.3 cm³/mol. The van der Waals surface area contributed by atoms with Crippen molar-refractivity contribution in [2.75, 3.05) is 6.61 Å². The number of carbonyl (C=O) groups is 2. The molecule has 0 saturated carbocycles. The van der Waals surface area contributed by atoms with E-state index in [0.717, 1.165) is 12.0 Å². The van der Waals surface area contributed by atoms with Gasteiger partial charge in [-0.25, -0.2) is 5.06 Å². The molecule has 0 spiro atoms. The van der Waals surface area contributed by atoms with Gasteiger partial charge in [-0.1, -0.05) is 37.3 Å². The lowest BCUT2D eigenvalue weighted by Crippen LogP contribution is -2.24. The number of hydrogen-bond acceptors (Lipinski definition) is 4. The number of nitrogens with zero attached hydrogens (tertiary/aromatic N) is 1. The molecule has 0 aromatic heterocycles. The molecule has 1 aromatic carbocycles. The van der Waals surface area contributed by atoms with Crippen LogP contribution in [0.3, 0.4) is 0 Å². The topological polar surface area (TPSA) is 55.8 Å². The summed E-state index contributed by atoms with van der Waals surface area (Å²) in [6.07, 6.45) is 1.04. The van der Waals surface area contributed by atoms with Gasteiger partial charge in [0.2, 0.25) is 5.91 Å². The van der Waals surface area contributed by atoms with Crippen molar-refractivity contribution in [1.82, 2.24) is 5.06 Å². The van der Waals surface area contributed by atoms with Crippen molar-refractivity contribution >= 4 is 11.9 Å². The number of ether oxygens (including phenoxy) is 1. The zero-order valence-electron chi connectivity index (χ0n) is 11.6. The Morgan fingerprint density at radius 1 is 1.40 bits per heavy atom. The zero-order chi connectivity index (χ0) is 14.4. The van der Waals surface area contributed by atoms with Crippen LogP contribution in [-0.4, -0.2) is 29.7 Å². The first-order valence-electron chi connectivity index (χ1n) is 6.85. The highest BCUT2D eigenvalue weighted by atomic mass is 16.7. The Hall–Kier alpha value is -1.88. The summed E-state index contributed by atoms with van der Waals surface area (Å²) in [6.45, 7) is 2.47. The van der Waals surface area contributed by atoms with E-state index in [9.17, 15) is 9.59 Å². The number of hydrogen-bond donors (Lipinski definition) is 0. The molecule has 1 amide bonds. The van der Waals surface area contributed by atoms with E-state index >= 15 is 0 Å². The number of amides is 1. The Labute approximate surface area is 118 Å². The van der Waals surface area contributed by atoms with Crippen LogP contribution in [0.15, 0.2) is 30.3 Å². The second kappa shape index (κ2) is 7.05. The van der Waals surface area contributed by atoms with E-state index in [2.05, 4.69) is 0 Å². The van der Waals surface area contributed by atoms with E-state index in [-0.39, 0.29) is 31.0 Å². The number of carbonyl (C=O) groups excluding carboxylic acids is 2. The van der Waals surface area contributed by atoms with Crippen LogP contribution in [0.4, 0.5) is 0 Å². The fourth-order valence-electron chi connectivity index (χ4n) is 2.00. The minimum atomic E-state index is -0.369. The third-order valence-electron chi connectivity index (χ3n) is 3.01. The van der Waals surface area contributed by atoms with Crippen molar-refractivity contribution in [3.05, 3.63) is 35.9 Å². The molecule has 5 heteroatoms. The first-order chi connectivity index (χ1) is 9.69. The Balaban J connectivity index is 1.80. The molecule has 20 heavy (non-hydrogen) atoms. The van der Waals surface area contributed by atoms with Crippen LogP contribution in [0.25, 0.3) is 0 Å². The van der Waals surface area contributed by atoms with Crippen LogP contribution >= 0.6 is 0 Å². The second-order valence-corrected chi connectivity index (χ2v) is 4.78. The van der Waals surface area contributed by atoms with E-state index in [1.165, 1.54) is 5.06 Å². The van der Waals surface area contributed by atoms with Gasteiger partial charge in [-0.05, 0) is 12.0 Å². The van der Waals surface area contributed by atoms with E-state index in [1.807, 2.05) is 37.3 Å². The molecule has 108 valence electrons. The third-order valence-corrected chi connectivity index (χ3v) is 3.01. The van der Waals surface area contributed by atoms with Crippen LogP contribution < -0.4 is 0 Å². The van der Waals surface area contributed by atoms with Crippen molar-refractivity contribution in [2.45, 2.75) is 38.8 Å². The van der Waals surface area contributed by atoms with E-state index in [0.29, 0.717) is 13.0 Å². The summed E-state index contributed by atoms with van der Waals surface area (Å²) in [6, 6.07) is 9.63. The first-order valence-corrected chi connectivity index (χ1v) is 6.85. The van der Waals surface area contributed by atoms with Crippen LogP contribution in [0, 0.1) is 0 Å². The molecule has 1 heterocycles. The van der Waals surface area contributed by atoms with E-state index < -0.39 is 0 Å². The molecule has 5 nitrogen and oxygen atoms in total. The second-order valence-electron chi connectivity index (χ2n) is 4.78. The average molecular weight is 277 g/mol. The maximum Gasteiger partial charge on any atom is 0.305 e. The summed E-state index contributed by atoms with van der Waals surface area (Å²) >= 11 is 0. The van der Waals surface area contributed by atoms with Gasteiger partial charge >= 0.3 is 5.97 Å². The van der Waals surface area contributed by atoms with Gasteiger partial charge in [0, 0.05) is 6.42 Å². The Morgan fingerprint density at radius 3 is 2.85 bits per heavy atom. The molecular formula is C15H19NO4. The summed E-state index contributed by atoms with van der Waals surface area (Å²) < 4.78 is 5.07. The molecular weight excluding hydrogens is 258 g/mol. The molecule has 1 aliphatic rings. The lowest BCUT2D eigenvalue weighted by Gasteiger charge is -2.16. The molecule has 0 N–H and O–H groups in total. The Kier molecular flexibility index (Phi) is 5.12. The van der Waals surface area contributed by atoms with Crippen molar-refractivity contribution < 1.29 is 19.2 Å². The molecule has 1 unspecified atom stereocenters. The van der Waals surface area contributed by atoms with Crippen molar-refractivity contribution in [3.63, 3.8) is 0 Å². The Bertz CT molecular complexity index is 460. The number of benzene rings is 1. The quantitative estimate of drug-likeness (QED) is 0.747. The van der Waals surface area contributed by atoms with Crippen molar-refractivity contribution in [3.8, 4) is 0 Å². The van der Waals surface area contributed by atoms with E-state index in [1.54, 1.807) is 0 Å². The molecule has 1 atom stereocenters. The molecule has 2 rings (SSSR count). The zero-order valence-corrected chi connectivity index (χ0v) is 11.6. The highest BCUT2D eigenvalue weighted by Gasteiger charge is 2.31. The summed E-state index contributed by atoms with van der Waals surface area (Å²) in [5.74, 6) is -0.324. The molecule has 0 radical (unpaired) electrons. The molecule has 1 aliphatic heterocycles. The number of rotatable bonds is 6. The standard InChI is InChI=1S/C15H19NO4/c1-2-6-15(18)19-11-13-9-14(17)16(20-13)10-12-7-4-3-5-8-12/h3-5,7-8,13H,2,6,9-11H2,1H3. The van der Waals surface area contributed by atoms with Gasteiger partial charge in [0.05, 0.1) is 13.0 Å². The summed E-state index contributed by atoms with van der Waals surface area (Å²) in [5, 5.41) is 1.34. The molecule has 1 aromatic rings. The predicted octanol–water partition coefficient (Wildman–Crippen LogP) is 2.06. The van der Waals surface area contributed by atoms with Gasteiger partial charge in [0.25, 0.3) is 0 Å². The molecule has 1 saturated heterocycles. The fraction of sp³-hybridized carbons (Fsp3) is 0.467. The normalized spacial score (nSPS) is 18.4. The van der Waals surface area contributed by atoms with Crippen LogP contribution in [-0.2, 0) is 25.7 Å². The van der Waals surface area contributed by atoms with Gasteiger partial charge in [0.1, 0.15) is 12.7 Å². The summed E-state index contributed by atoms with van der Waals surface area (Å²) in [4.78, 5) is 28.6. The monoisotopic (exact) mass is 277 g/mol. The first kappa shape index (κ1) is 14.5. The van der Waals surface area contributed by atoms with Crippen LogP contribution in [0.1, 0.15) is 31.7 Å². The Morgan fingerprint density at radius 2 is 2.15 bits per heavy atom. The average Bonchev–Trinajstić information content (AvgIpc) is 2.79. The van der Waals surface area contributed by atoms with Crippen LogP contribution in [0.2, 0.25) is 0 Å². The SMILES string of the molecule is CCCC(=O)OCC1CC(=O)N(Cc2ccccc2)O1. The highest BCUT2D eigenvalue weighted by Crippen LogP contribution is 2.18. The largest absolute Gasteiger partial charge is 0.463 e. The maximum absolute atomic E-state index is 11.8. The van der Waals surface area contributed by atoms with Crippen molar-refractivity contribution in [2.24, 2.45) is 0 Å². The number of hydroxylamine groups is 2.